The highest BCUT2D eigenvalue weighted by atomic mass is 32.2. The molecule has 1 heterocycles. The van der Waals surface area contributed by atoms with Crippen LogP contribution in [0.5, 0.6) is 5.75 Å². The van der Waals surface area contributed by atoms with Gasteiger partial charge in [0, 0.05) is 26.2 Å². The third kappa shape index (κ3) is 4.76. The number of nitrogens with zero attached hydrogens (tertiary/aromatic N) is 2. The van der Waals surface area contributed by atoms with Crippen molar-refractivity contribution >= 4 is 21.6 Å². The Labute approximate surface area is 184 Å². The number of nitrogens with one attached hydrogen (secondary N) is 1. The number of sulfonamides is 1. The van der Waals surface area contributed by atoms with Crippen LogP contribution in [-0.2, 0) is 27.7 Å². The van der Waals surface area contributed by atoms with Gasteiger partial charge in [0.25, 0.3) is 0 Å². The van der Waals surface area contributed by atoms with Crippen molar-refractivity contribution in [3.05, 3.63) is 53.1 Å². The lowest BCUT2D eigenvalue weighted by Gasteiger charge is -2.33. The van der Waals surface area contributed by atoms with Crippen molar-refractivity contribution in [1.82, 2.24) is 9.21 Å². The Morgan fingerprint density at radius 2 is 1.77 bits per heavy atom. The summed E-state index contributed by atoms with van der Waals surface area (Å²) in [6, 6.07) is 11.1. The average molecular weight is 444 g/mol. The van der Waals surface area contributed by atoms with E-state index in [9.17, 15) is 13.2 Å². The third-order valence-corrected chi connectivity index (χ3v) is 7.93. The van der Waals surface area contributed by atoms with Crippen LogP contribution in [0.25, 0.3) is 0 Å². The Morgan fingerprint density at radius 1 is 1.03 bits per heavy atom. The van der Waals surface area contributed by atoms with E-state index in [0.29, 0.717) is 42.5 Å². The zero-order chi connectivity index (χ0) is 22.0. The first kappa shape index (κ1) is 21.8. The molecule has 0 atom stereocenters. The van der Waals surface area contributed by atoms with E-state index in [-0.39, 0.29) is 12.5 Å². The standard InChI is InChI=1S/C23H29N3O4S/c1-17-6-9-22(30-2)21(14-17)24-23(27)16-25-10-12-26(13-11-25)31(28,29)20-8-7-18-4-3-5-19(18)15-20/h6-9,14-15H,3-5,10-13,16H2,1-2H3,(H,24,27). The molecule has 8 heteroatoms. The normalized spacial score (nSPS) is 17.4. The number of methoxy groups -OCH3 is 1. The molecule has 0 radical (unpaired) electrons. The van der Waals surface area contributed by atoms with Gasteiger partial charge in [-0.25, -0.2) is 8.42 Å². The van der Waals surface area contributed by atoms with Gasteiger partial charge in [-0.3, -0.25) is 9.69 Å². The van der Waals surface area contributed by atoms with E-state index in [0.717, 1.165) is 30.4 Å². The Morgan fingerprint density at radius 3 is 2.52 bits per heavy atom. The second-order valence-corrected chi connectivity index (χ2v) is 10.2. The number of hydrogen-bond donors (Lipinski definition) is 1. The number of amides is 1. The molecule has 7 nitrogen and oxygen atoms in total. The summed E-state index contributed by atoms with van der Waals surface area (Å²) in [4.78, 5) is 14.9. The molecular formula is C23H29N3O4S. The molecule has 0 unspecified atom stereocenters. The Hall–Kier alpha value is -2.42. The SMILES string of the molecule is COc1ccc(C)cc1NC(=O)CN1CCN(S(=O)(=O)c2ccc3c(c2)CCC3)CC1. The van der Waals surface area contributed by atoms with Crippen LogP contribution in [0.15, 0.2) is 41.3 Å². The van der Waals surface area contributed by atoms with Gasteiger partial charge < -0.3 is 10.1 Å². The molecule has 0 spiro atoms. The van der Waals surface area contributed by atoms with Crippen LogP contribution in [0.2, 0.25) is 0 Å². The number of rotatable bonds is 6. The number of anilines is 1. The lowest BCUT2D eigenvalue weighted by Crippen LogP contribution is -2.50. The van der Waals surface area contributed by atoms with Gasteiger partial charge in [-0.1, -0.05) is 12.1 Å². The molecule has 1 fully saturated rings. The van der Waals surface area contributed by atoms with E-state index in [1.807, 2.05) is 42.2 Å². The van der Waals surface area contributed by atoms with Crippen LogP contribution >= 0.6 is 0 Å². The molecule has 1 N–H and O–H groups in total. The highest BCUT2D eigenvalue weighted by Gasteiger charge is 2.30. The molecule has 0 saturated carbocycles. The molecule has 2 aliphatic rings. The minimum Gasteiger partial charge on any atom is -0.495 e. The summed E-state index contributed by atoms with van der Waals surface area (Å²) in [5.74, 6) is 0.475. The predicted molar refractivity (Wildman–Crippen MR) is 120 cm³/mol. The first-order chi connectivity index (χ1) is 14.9. The van der Waals surface area contributed by atoms with Gasteiger partial charge in [-0.15, -0.1) is 0 Å². The molecule has 1 amide bonds. The average Bonchev–Trinajstić information content (AvgIpc) is 3.22. The van der Waals surface area contributed by atoms with Crippen molar-refractivity contribution in [1.29, 1.82) is 0 Å². The van der Waals surface area contributed by atoms with Gasteiger partial charge >= 0.3 is 0 Å². The summed E-state index contributed by atoms with van der Waals surface area (Å²) >= 11 is 0. The second kappa shape index (κ2) is 8.98. The summed E-state index contributed by atoms with van der Waals surface area (Å²) < 4.78 is 33.0. The lowest BCUT2D eigenvalue weighted by atomic mass is 10.1. The van der Waals surface area contributed by atoms with E-state index in [1.165, 1.54) is 9.87 Å². The number of fused-ring (bicyclic) bond motifs is 1. The van der Waals surface area contributed by atoms with E-state index in [2.05, 4.69) is 5.32 Å². The smallest absolute Gasteiger partial charge is 0.243 e. The van der Waals surface area contributed by atoms with Gasteiger partial charge in [-0.2, -0.15) is 4.31 Å². The minimum atomic E-state index is -3.51. The molecule has 31 heavy (non-hydrogen) atoms. The van der Waals surface area contributed by atoms with Crippen molar-refractivity contribution in [2.45, 2.75) is 31.1 Å². The number of carbonyl (C=O) groups excluding carboxylic acids is 1. The zero-order valence-corrected chi connectivity index (χ0v) is 18.9. The molecular weight excluding hydrogens is 414 g/mol. The van der Waals surface area contributed by atoms with E-state index >= 15 is 0 Å². The molecule has 2 aromatic rings. The van der Waals surface area contributed by atoms with Crippen LogP contribution < -0.4 is 10.1 Å². The van der Waals surface area contributed by atoms with Crippen molar-refractivity contribution in [2.24, 2.45) is 0 Å². The van der Waals surface area contributed by atoms with Crippen molar-refractivity contribution in [2.75, 3.05) is 45.2 Å². The lowest BCUT2D eigenvalue weighted by molar-refractivity contribution is -0.117. The Balaban J connectivity index is 1.34. The highest BCUT2D eigenvalue weighted by molar-refractivity contribution is 7.89. The number of hydrogen-bond acceptors (Lipinski definition) is 5. The van der Waals surface area contributed by atoms with E-state index in [1.54, 1.807) is 13.2 Å². The second-order valence-electron chi connectivity index (χ2n) is 8.22. The molecule has 2 aromatic carbocycles. The topological polar surface area (TPSA) is 79.0 Å². The quantitative estimate of drug-likeness (QED) is 0.742. The fraction of sp³-hybridized carbons (Fsp3) is 0.435. The molecule has 4 rings (SSSR count). The molecule has 166 valence electrons. The molecule has 1 aliphatic heterocycles. The monoisotopic (exact) mass is 443 g/mol. The zero-order valence-electron chi connectivity index (χ0n) is 18.1. The Bertz CT molecular complexity index is 1080. The first-order valence-corrected chi connectivity index (χ1v) is 12.1. The molecule has 0 aromatic heterocycles. The van der Waals surface area contributed by atoms with Crippen LogP contribution in [0.1, 0.15) is 23.1 Å². The van der Waals surface area contributed by atoms with Gasteiger partial charge in [0.05, 0.1) is 24.2 Å². The van der Waals surface area contributed by atoms with E-state index < -0.39 is 10.0 Å². The number of benzene rings is 2. The van der Waals surface area contributed by atoms with Crippen molar-refractivity contribution in [3.8, 4) is 5.75 Å². The highest BCUT2D eigenvalue weighted by Crippen LogP contribution is 2.27. The fourth-order valence-electron chi connectivity index (χ4n) is 4.30. The summed E-state index contributed by atoms with van der Waals surface area (Å²) in [6.45, 7) is 3.95. The van der Waals surface area contributed by atoms with Gasteiger partial charge in [-0.05, 0) is 67.1 Å². The van der Waals surface area contributed by atoms with Crippen LogP contribution in [0, 0.1) is 6.92 Å². The largest absolute Gasteiger partial charge is 0.495 e. The fourth-order valence-corrected chi connectivity index (χ4v) is 5.77. The predicted octanol–water partition coefficient (Wildman–Crippen LogP) is 2.44. The molecule has 1 saturated heterocycles. The number of ether oxygens (including phenoxy) is 1. The Kier molecular flexibility index (Phi) is 6.31. The minimum absolute atomic E-state index is 0.140. The maximum atomic E-state index is 13.1. The summed E-state index contributed by atoms with van der Waals surface area (Å²) in [5, 5.41) is 2.90. The van der Waals surface area contributed by atoms with Gasteiger partial charge in [0.15, 0.2) is 0 Å². The van der Waals surface area contributed by atoms with Crippen LogP contribution in [0.3, 0.4) is 0 Å². The first-order valence-electron chi connectivity index (χ1n) is 10.7. The summed E-state index contributed by atoms with van der Waals surface area (Å²) in [6.07, 6.45) is 3.08. The third-order valence-electron chi connectivity index (χ3n) is 6.04. The maximum Gasteiger partial charge on any atom is 0.243 e. The summed E-state index contributed by atoms with van der Waals surface area (Å²) in [5.41, 5.74) is 4.09. The van der Waals surface area contributed by atoms with Crippen molar-refractivity contribution in [3.63, 3.8) is 0 Å². The van der Waals surface area contributed by atoms with Gasteiger partial charge in [0.2, 0.25) is 15.9 Å². The molecule has 0 bridgehead atoms. The van der Waals surface area contributed by atoms with Crippen molar-refractivity contribution < 1.29 is 17.9 Å². The summed E-state index contributed by atoms with van der Waals surface area (Å²) in [7, 11) is -1.94. The van der Waals surface area contributed by atoms with Gasteiger partial charge in [0.1, 0.15) is 5.75 Å². The maximum absolute atomic E-state index is 13.1. The number of carbonyl (C=O) groups is 1. The molecule has 1 aliphatic carbocycles. The number of piperazine rings is 1. The number of aryl methyl sites for hydroxylation is 3. The van der Waals surface area contributed by atoms with Crippen LogP contribution in [0.4, 0.5) is 5.69 Å². The van der Waals surface area contributed by atoms with E-state index in [4.69, 9.17) is 4.74 Å². The van der Waals surface area contributed by atoms with Crippen LogP contribution in [-0.4, -0.2) is 63.4 Å².